The first-order valence-corrected chi connectivity index (χ1v) is 5.94. The topological polar surface area (TPSA) is 53.3 Å². The van der Waals surface area contributed by atoms with Crippen molar-refractivity contribution in [1.29, 1.82) is 5.26 Å². The Balaban J connectivity index is 2.46. The first kappa shape index (κ1) is 12.4. The molecule has 0 aliphatic carbocycles. The maximum Gasteiger partial charge on any atom is 0.228 e. The average Bonchev–Trinajstić information content (AvgIpc) is 2.64. The molecule has 0 aromatic heterocycles. The molecule has 2 rings (SSSR count). The zero-order valence-electron chi connectivity index (χ0n) is 10.8. The lowest BCUT2D eigenvalue weighted by molar-refractivity contribution is -0.117. The Morgan fingerprint density at radius 2 is 2.22 bits per heavy atom. The van der Waals surface area contributed by atoms with Gasteiger partial charge in [-0.3, -0.25) is 4.79 Å². The minimum atomic E-state index is -0.247. The molecule has 2 atom stereocenters. The van der Waals surface area contributed by atoms with Crippen molar-refractivity contribution in [1.82, 2.24) is 0 Å². The summed E-state index contributed by atoms with van der Waals surface area (Å²) in [4.78, 5) is 13.7. The average molecular weight is 244 g/mol. The van der Waals surface area contributed by atoms with Crippen molar-refractivity contribution in [2.24, 2.45) is 5.92 Å². The summed E-state index contributed by atoms with van der Waals surface area (Å²) in [6.07, 6.45) is 0.286. The summed E-state index contributed by atoms with van der Waals surface area (Å²) < 4.78 is 5.30. The van der Waals surface area contributed by atoms with Crippen LogP contribution < -0.4 is 9.64 Å². The molecule has 18 heavy (non-hydrogen) atoms. The first-order valence-electron chi connectivity index (χ1n) is 5.94. The van der Waals surface area contributed by atoms with Crippen molar-refractivity contribution in [2.45, 2.75) is 26.3 Å². The highest BCUT2D eigenvalue weighted by Crippen LogP contribution is 2.36. The lowest BCUT2D eigenvalue weighted by atomic mass is 10.0. The van der Waals surface area contributed by atoms with Crippen LogP contribution in [0.2, 0.25) is 0 Å². The van der Waals surface area contributed by atoms with Gasteiger partial charge in [0.1, 0.15) is 5.75 Å². The molecule has 1 fully saturated rings. The Bertz CT molecular complexity index is 519. The highest BCUT2D eigenvalue weighted by molar-refractivity contribution is 5.98. The van der Waals surface area contributed by atoms with Gasteiger partial charge in [-0.2, -0.15) is 5.26 Å². The molecule has 1 aliphatic heterocycles. The van der Waals surface area contributed by atoms with Gasteiger partial charge in [0.2, 0.25) is 5.91 Å². The number of benzene rings is 1. The molecule has 1 aromatic carbocycles. The van der Waals surface area contributed by atoms with Crippen LogP contribution in [-0.4, -0.2) is 19.1 Å². The van der Waals surface area contributed by atoms with Crippen molar-refractivity contribution >= 4 is 11.6 Å². The number of nitriles is 1. The number of nitrogens with zero attached hydrogens (tertiary/aromatic N) is 2. The Hall–Kier alpha value is -2.02. The van der Waals surface area contributed by atoms with E-state index in [-0.39, 0.29) is 24.3 Å². The third kappa shape index (κ3) is 1.92. The second-order valence-corrected chi connectivity index (χ2v) is 4.62. The number of anilines is 1. The van der Waals surface area contributed by atoms with Crippen molar-refractivity contribution in [3.8, 4) is 11.8 Å². The zero-order chi connectivity index (χ0) is 13.3. The van der Waals surface area contributed by atoms with Gasteiger partial charge in [-0.05, 0) is 31.5 Å². The maximum absolute atomic E-state index is 12.1. The van der Waals surface area contributed by atoms with Crippen LogP contribution in [0.4, 0.5) is 5.69 Å². The lowest BCUT2D eigenvalue weighted by Gasteiger charge is -2.25. The fraction of sp³-hybridized carbons (Fsp3) is 0.429. The molecule has 4 heteroatoms. The summed E-state index contributed by atoms with van der Waals surface area (Å²) in [5.74, 6) is 0.403. The maximum atomic E-state index is 12.1. The van der Waals surface area contributed by atoms with Crippen LogP contribution in [0.15, 0.2) is 18.2 Å². The standard InChI is InChI=1S/C14H16N2O2/c1-9-4-5-13(18-3)12(6-9)16-10(2)11(8-15)7-14(16)17/h4-6,10-11H,7H2,1-3H3. The SMILES string of the molecule is COc1ccc(C)cc1N1C(=O)CC(C#N)C1C. The molecule has 0 radical (unpaired) electrons. The zero-order valence-corrected chi connectivity index (χ0v) is 10.8. The van der Waals surface area contributed by atoms with Crippen molar-refractivity contribution in [3.63, 3.8) is 0 Å². The van der Waals surface area contributed by atoms with Crippen LogP contribution in [-0.2, 0) is 4.79 Å². The number of carbonyl (C=O) groups excluding carboxylic acids is 1. The van der Waals surface area contributed by atoms with Gasteiger partial charge in [0.05, 0.1) is 30.8 Å². The Labute approximate surface area is 107 Å². The number of methoxy groups -OCH3 is 1. The number of amides is 1. The monoisotopic (exact) mass is 244 g/mol. The van der Waals surface area contributed by atoms with Gasteiger partial charge in [0.25, 0.3) is 0 Å². The number of hydrogen-bond donors (Lipinski definition) is 0. The third-order valence-electron chi connectivity index (χ3n) is 3.41. The Kier molecular flexibility index (Phi) is 3.24. The van der Waals surface area contributed by atoms with E-state index >= 15 is 0 Å². The summed E-state index contributed by atoms with van der Waals surface area (Å²) in [6.45, 7) is 3.87. The molecular formula is C14H16N2O2. The van der Waals surface area contributed by atoms with Crippen LogP contribution in [0.1, 0.15) is 18.9 Å². The molecule has 1 amide bonds. The van der Waals surface area contributed by atoms with Gasteiger partial charge in [-0.25, -0.2) is 0 Å². The van der Waals surface area contributed by atoms with Gasteiger partial charge in [-0.1, -0.05) is 6.07 Å². The molecule has 1 heterocycles. The quantitative estimate of drug-likeness (QED) is 0.802. The molecule has 4 nitrogen and oxygen atoms in total. The Morgan fingerprint density at radius 3 is 2.78 bits per heavy atom. The van der Waals surface area contributed by atoms with Crippen molar-refractivity contribution < 1.29 is 9.53 Å². The van der Waals surface area contributed by atoms with Gasteiger partial charge >= 0.3 is 0 Å². The van der Waals surface area contributed by atoms with Gasteiger partial charge in [0, 0.05) is 6.42 Å². The van der Waals surface area contributed by atoms with Crippen molar-refractivity contribution in [3.05, 3.63) is 23.8 Å². The molecule has 0 bridgehead atoms. The predicted octanol–water partition coefficient (Wildman–Crippen LogP) is 2.27. The minimum absolute atomic E-state index is 0.0158. The van der Waals surface area contributed by atoms with E-state index in [1.807, 2.05) is 32.0 Å². The second kappa shape index (κ2) is 4.69. The first-order chi connectivity index (χ1) is 8.58. The minimum Gasteiger partial charge on any atom is -0.495 e. The fourth-order valence-electron chi connectivity index (χ4n) is 2.36. The molecule has 0 N–H and O–H groups in total. The summed E-state index contributed by atoms with van der Waals surface area (Å²) in [5.41, 5.74) is 1.82. The van der Waals surface area contributed by atoms with Crippen molar-refractivity contribution in [2.75, 3.05) is 12.0 Å². The van der Waals surface area contributed by atoms with E-state index in [1.165, 1.54) is 0 Å². The van der Waals surface area contributed by atoms with Crippen LogP contribution in [0, 0.1) is 24.2 Å². The van der Waals surface area contributed by atoms with E-state index in [9.17, 15) is 4.79 Å². The highest BCUT2D eigenvalue weighted by Gasteiger charge is 2.38. The van der Waals surface area contributed by atoms with Crippen LogP contribution in [0.25, 0.3) is 0 Å². The molecule has 94 valence electrons. The lowest BCUT2D eigenvalue weighted by Crippen LogP contribution is -2.33. The number of hydrogen-bond acceptors (Lipinski definition) is 3. The molecule has 2 unspecified atom stereocenters. The van der Waals surface area contributed by atoms with Crippen LogP contribution in [0.5, 0.6) is 5.75 Å². The number of aryl methyl sites for hydroxylation is 1. The van der Waals surface area contributed by atoms with E-state index in [1.54, 1.807) is 12.0 Å². The normalized spacial score (nSPS) is 23.0. The van der Waals surface area contributed by atoms with E-state index in [4.69, 9.17) is 10.00 Å². The summed E-state index contributed by atoms with van der Waals surface area (Å²) in [7, 11) is 1.58. The smallest absolute Gasteiger partial charge is 0.228 e. The largest absolute Gasteiger partial charge is 0.495 e. The molecule has 0 spiro atoms. The van der Waals surface area contributed by atoms with E-state index in [0.717, 1.165) is 11.3 Å². The molecule has 0 saturated carbocycles. The predicted molar refractivity (Wildman–Crippen MR) is 68.4 cm³/mol. The van der Waals surface area contributed by atoms with E-state index < -0.39 is 0 Å². The highest BCUT2D eigenvalue weighted by atomic mass is 16.5. The summed E-state index contributed by atoms with van der Waals surface area (Å²) in [5, 5.41) is 9.04. The summed E-state index contributed by atoms with van der Waals surface area (Å²) in [6, 6.07) is 7.79. The van der Waals surface area contributed by atoms with Crippen LogP contribution >= 0.6 is 0 Å². The molecule has 1 saturated heterocycles. The van der Waals surface area contributed by atoms with Gasteiger partial charge in [-0.15, -0.1) is 0 Å². The van der Waals surface area contributed by atoms with E-state index in [2.05, 4.69) is 6.07 Å². The number of carbonyl (C=O) groups is 1. The molecule has 1 aliphatic rings. The summed E-state index contributed by atoms with van der Waals surface area (Å²) >= 11 is 0. The third-order valence-corrected chi connectivity index (χ3v) is 3.41. The molecule has 1 aromatic rings. The second-order valence-electron chi connectivity index (χ2n) is 4.62. The fourth-order valence-corrected chi connectivity index (χ4v) is 2.36. The number of ether oxygens (including phenoxy) is 1. The number of rotatable bonds is 2. The molecular weight excluding hydrogens is 228 g/mol. The Morgan fingerprint density at radius 1 is 1.50 bits per heavy atom. The van der Waals surface area contributed by atoms with E-state index in [0.29, 0.717) is 5.75 Å². The van der Waals surface area contributed by atoms with Crippen LogP contribution in [0.3, 0.4) is 0 Å². The van der Waals surface area contributed by atoms with Gasteiger partial charge in [0.15, 0.2) is 0 Å². The van der Waals surface area contributed by atoms with Gasteiger partial charge < -0.3 is 9.64 Å².